The van der Waals surface area contributed by atoms with Crippen molar-refractivity contribution in [3.05, 3.63) is 140 Å². The molecule has 0 fully saturated rings. The van der Waals surface area contributed by atoms with Crippen LogP contribution in [0.15, 0.2) is 124 Å². The number of hydrogen-bond acceptors (Lipinski definition) is 6. The zero-order valence-corrected chi connectivity index (χ0v) is 30.3. The van der Waals surface area contributed by atoms with Crippen molar-refractivity contribution in [2.45, 2.75) is 0 Å². The van der Waals surface area contributed by atoms with Crippen molar-refractivity contribution in [1.82, 2.24) is 15.0 Å². The Morgan fingerprint density at radius 2 is 0.574 bits per heavy atom. The molecule has 0 aliphatic heterocycles. The van der Waals surface area contributed by atoms with Crippen LogP contribution in [-0.2, 0) is 0 Å². The van der Waals surface area contributed by atoms with Crippen LogP contribution in [0.4, 0.5) is 0 Å². The molecule has 6 aromatic heterocycles. The fourth-order valence-corrected chi connectivity index (χ4v) is 12.3. The molecule has 0 aliphatic rings. The van der Waals surface area contributed by atoms with Crippen LogP contribution in [0.25, 0.3) is 126 Å². The van der Waals surface area contributed by atoms with Crippen LogP contribution in [0.5, 0.6) is 0 Å². The Bertz CT molecular complexity index is 3650. The summed E-state index contributed by atoms with van der Waals surface area (Å²) in [6.45, 7) is 0. The van der Waals surface area contributed by atoms with E-state index in [-0.39, 0.29) is 16.3 Å². The lowest BCUT2D eigenvalue weighted by Gasteiger charge is -2.14. The number of thiophene rings is 3. The quantitative estimate of drug-likeness (QED) is 0.106. The van der Waals surface area contributed by atoms with E-state index < -0.39 is 0 Å². The number of nitrogens with one attached hydrogen (secondary N) is 3. The summed E-state index contributed by atoms with van der Waals surface area (Å²) in [7, 11) is 0. The first kappa shape index (κ1) is 29.1. The van der Waals surface area contributed by atoms with Crippen molar-refractivity contribution in [1.29, 1.82) is 0 Å². The van der Waals surface area contributed by atoms with E-state index in [0.717, 1.165) is 60.5 Å². The third kappa shape index (κ3) is 3.48. The maximum Gasteiger partial charge on any atom is 0.199 e. The van der Waals surface area contributed by atoms with Gasteiger partial charge in [-0.3, -0.25) is 14.4 Å². The summed E-state index contributed by atoms with van der Waals surface area (Å²) < 4.78 is 6.47. The van der Waals surface area contributed by atoms with Gasteiger partial charge in [0, 0.05) is 76.7 Å². The summed E-state index contributed by atoms with van der Waals surface area (Å²) in [4.78, 5) is 56.4. The first-order chi connectivity index (χ1) is 26.5. The third-order valence-electron chi connectivity index (χ3n) is 11.3. The number of aromatic amines is 3. The molecule has 3 N–H and O–H groups in total. The minimum Gasteiger partial charge on any atom is -0.353 e. The van der Waals surface area contributed by atoms with Gasteiger partial charge < -0.3 is 15.0 Å². The molecule has 6 heterocycles. The number of hydrogen-bond donors (Lipinski definition) is 3. The standard InChI is InChI=1S/C45H21N3O3S3/c49-43-22-13-16-28-31(19-7-1-4-10-25(19)52-28)37(22)46-40-34(43)41-36(45(51)24-15-18-30-33(39(24)47-41)21-9-3-6-12-27(21)54-30)42-35(40)44(50)23-14-17-29-32(38(23)48-42)20-8-2-5-11-26(20)53-29/h1-18H,(H,46,49)(H,47,51)(H,48,50). The number of rotatable bonds is 0. The van der Waals surface area contributed by atoms with E-state index in [4.69, 9.17) is 0 Å². The van der Waals surface area contributed by atoms with E-state index in [0.29, 0.717) is 65.4 Å². The first-order valence-corrected chi connectivity index (χ1v) is 20.0. The Morgan fingerprint density at radius 1 is 0.278 bits per heavy atom. The Kier molecular flexibility index (Phi) is 5.38. The maximum absolute atomic E-state index is 15.1. The summed E-state index contributed by atoms with van der Waals surface area (Å²) in [5, 5.41) is 8.37. The van der Waals surface area contributed by atoms with Gasteiger partial charge in [-0.05, 0) is 54.6 Å². The van der Waals surface area contributed by atoms with Crippen molar-refractivity contribution >= 4 is 160 Å². The molecular formula is C45H21N3O3S3. The lowest BCUT2D eigenvalue weighted by molar-refractivity contribution is 1.46. The third-order valence-corrected chi connectivity index (χ3v) is 14.7. The van der Waals surface area contributed by atoms with Gasteiger partial charge in [0.05, 0.1) is 49.3 Å². The van der Waals surface area contributed by atoms with Gasteiger partial charge in [0.1, 0.15) is 0 Å². The molecule has 13 rings (SSSR count). The van der Waals surface area contributed by atoms with Crippen molar-refractivity contribution in [3.63, 3.8) is 0 Å². The van der Waals surface area contributed by atoms with Gasteiger partial charge in [0.25, 0.3) is 0 Å². The number of pyridine rings is 3. The second kappa shape index (κ2) is 9.97. The maximum atomic E-state index is 15.1. The lowest BCUT2D eigenvalue weighted by atomic mass is 9.96. The number of H-pyrrole nitrogens is 3. The summed E-state index contributed by atoms with van der Waals surface area (Å²) in [6.07, 6.45) is 0. The number of aromatic nitrogens is 3. The second-order valence-electron chi connectivity index (χ2n) is 14.0. The molecule has 0 spiro atoms. The highest BCUT2D eigenvalue weighted by Crippen LogP contribution is 2.42. The predicted octanol–water partition coefficient (Wildman–Crippen LogP) is 11.8. The zero-order valence-electron chi connectivity index (χ0n) is 27.8. The van der Waals surface area contributed by atoms with Crippen LogP contribution in [0.1, 0.15) is 0 Å². The highest BCUT2D eigenvalue weighted by Gasteiger charge is 2.24. The molecule has 0 saturated heterocycles. The Balaban J connectivity index is 1.34. The molecule has 0 unspecified atom stereocenters. The Labute approximate surface area is 313 Å². The van der Waals surface area contributed by atoms with Crippen LogP contribution in [0, 0.1) is 0 Å². The van der Waals surface area contributed by atoms with Crippen molar-refractivity contribution in [2.75, 3.05) is 0 Å². The molecule has 6 nitrogen and oxygen atoms in total. The topological polar surface area (TPSA) is 98.6 Å². The molecule has 0 atom stereocenters. The van der Waals surface area contributed by atoms with Gasteiger partial charge in [0.15, 0.2) is 16.3 Å². The molecule has 7 aromatic carbocycles. The largest absolute Gasteiger partial charge is 0.353 e. The molecule has 54 heavy (non-hydrogen) atoms. The van der Waals surface area contributed by atoms with Crippen molar-refractivity contribution in [2.24, 2.45) is 0 Å². The SMILES string of the molecule is O=c1c2ccc3sc4ccccc4c3c2[nH]c2c1c1[nH]c3c(ccc4sc5ccccc5c43)c(=O)c1c1[nH]c3c(ccc4sc5ccccc5c43)c(=O)c21. The van der Waals surface area contributed by atoms with E-state index in [1.54, 1.807) is 34.0 Å². The number of benzene rings is 7. The molecule has 252 valence electrons. The summed E-state index contributed by atoms with van der Waals surface area (Å²) in [6, 6.07) is 36.2. The van der Waals surface area contributed by atoms with Gasteiger partial charge in [-0.25, -0.2) is 0 Å². The minimum atomic E-state index is -0.237. The lowest BCUT2D eigenvalue weighted by Crippen LogP contribution is -2.15. The van der Waals surface area contributed by atoms with E-state index in [9.17, 15) is 0 Å². The van der Waals surface area contributed by atoms with Crippen molar-refractivity contribution in [3.8, 4) is 0 Å². The smallest absolute Gasteiger partial charge is 0.199 e. The normalized spacial score (nSPS) is 12.7. The van der Waals surface area contributed by atoms with Crippen LogP contribution in [-0.4, -0.2) is 15.0 Å². The molecule has 0 aliphatic carbocycles. The summed E-state index contributed by atoms with van der Waals surface area (Å²) in [5.74, 6) is 0. The van der Waals surface area contributed by atoms with Gasteiger partial charge in [-0.1, -0.05) is 54.6 Å². The average molecular weight is 748 g/mol. The average Bonchev–Trinajstić information content (AvgIpc) is 3.89. The van der Waals surface area contributed by atoms with E-state index >= 15 is 14.4 Å². The van der Waals surface area contributed by atoms with Gasteiger partial charge >= 0.3 is 0 Å². The molecule has 9 heteroatoms. The summed E-state index contributed by atoms with van der Waals surface area (Å²) >= 11 is 5.02. The molecule has 13 aromatic rings. The van der Waals surface area contributed by atoms with Crippen LogP contribution in [0.2, 0.25) is 0 Å². The van der Waals surface area contributed by atoms with E-state index in [1.807, 2.05) is 72.8 Å². The molecule has 0 radical (unpaired) electrons. The zero-order chi connectivity index (χ0) is 35.6. The minimum absolute atomic E-state index is 0.237. The fraction of sp³-hybridized carbons (Fsp3) is 0. The van der Waals surface area contributed by atoms with Gasteiger partial charge in [-0.2, -0.15) is 0 Å². The molecule has 0 bridgehead atoms. The molecular weight excluding hydrogens is 727 g/mol. The highest BCUT2D eigenvalue weighted by molar-refractivity contribution is 7.26. The fourth-order valence-electron chi connectivity index (χ4n) is 8.99. The van der Waals surface area contributed by atoms with E-state index in [2.05, 4.69) is 51.4 Å². The second-order valence-corrected chi connectivity index (χ2v) is 17.2. The molecule has 0 amide bonds. The first-order valence-electron chi connectivity index (χ1n) is 17.6. The van der Waals surface area contributed by atoms with Crippen LogP contribution >= 0.6 is 34.0 Å². The van der Waals surface area contributed by atoms with Crippen LogP contribution < -0.4 is 16.3 Å². The van der Waals surface area contributed by atoms with Gasteiger partial charge in [0.2, 0.25) is 0 Å². The predicted molar refractivity (Wildman–Crippen MR) is 232 cm³/mol. The van der Waals surface area contributed by atoms with Gasteiger partial charge in [-0.15, -0.1) is 34.0 Å². The Hall–Kier alpha value is -6.39. The van der Waals surface area contributed by atoms with E-state index in [1.165, 1.54) is 0 Å². The monoisotopic (exact) mass is 747 g/mol. The molecule has 0 saturated carbocycles. The Morgan fingerprint density at radius 3 is 0.889 bits per heavy atom. The van der Waals surface area contributed by atoms with Crippen LogP contribution in [0.3, 0.4) is 0 Å². The highest BCUT2D eigenvalue weighted by atomic mass is 32.1. The number of fused-ring (bicyclic) bond motifs is 21. The summed E-state index contributed by atoms with van der Waals surface area (Å²) in [5.41, 5.74) is 2.55. The van der Waals surface area contributed by atoms with Crippen molar-refractivity contribution < 1.29 is 0 Å².